The number of fused-ring (bicyclic) bond motifs is 1. The van der Waals surface area contributed by atoms with E-state index in [1.807, 2.05) is 65.6 Å². The maximum atomic E-state index is 13.6. The van der Waals surface area contributed by atoms with Gasteiger partial charge in [-0.05, 0) is 11.1 Å². The van der Waals surface area contributed by atoms with E-state index in [0.29, 0.717) is 24.6 Å². The first kappa shape index (κ1) is 19.1. The molecule has 2 amide bonds. The van der Waals surface area contributed by atoms with Gasteiger partial charge in [0.15, 0.2) is 5.13 Å². The number of amides is 2. The molecule has 2 aromatic carbocycles. The summed E-state index contributed by atoms with van der Waals surface area (Å²) in [5.41, 5.74) is 2.89. The van der Waals surface area contributed by atoms with Gasteiger partial charge in [-0.3, -0.25) is 10.1 Å². The predicted molar refractivity (Wildman–Crippen MR) is 112 cm³/mol. The van der Waals surface area contributed by atoms with Gasteiger partial charge in [-0.2, -0.15) is 0 Å². The first-order valence-electron chi connectivity index (χ1n) is 9.38. The Balaban J connectivity index is 1.59. The number of thiazole rings is 1. The molecule has 1 aliphatic rings. The van der Waals surface area contributed by atoms with E-state index in [9.17, 15) is 9.59 Å². The van der Waals surface area contributed by atoms with Crippen molar-refractivity contribution in [3.05, 3.63) is 82.4 Å². The van der Waals surface area contributed by atoms with E-state index < -0.39 is 6.09 Å². The van der Waals surface area contributed by atoms with Gasteiger partial charge in [-0.25, -0.2) is 9.78 Å². The SMILES string of the molecule is COC(=O)Nc1nc2c(s1)CN(C(=O)C(c1ccccc1)c1ccccc1)CC2. The van der Waals surface area contributed by atoms with Crippen molar-refractivity contribution in [3.8, 4) is 0 Å². The zero-order valence-electron chi connectivity index (χ0n) is 16.0. The standard InChI is InChI=1S/C22H21N3O3S/c1-28-22(27)24-21-23-17-12-13-25(14-18(17)29-21)20(26)19(15-8-4-2-5-9-15)16-10-6-3-7-11-16/h2-11,19H,12-14H2,1H3,(H,23,24,27). The second-order valence-corrected chi connectivity index (χ2v) is 7.85. The van der Waals surface area contributed by atoms with Crippen LogP contribution in [-0.4, -0.2) is 35.5 Å². The number of hydrogen-bond acceptors (Lipinski definition) is 5. The van der Waals surface area contributed by atoms with Gasteiger partial charge in [0.2, 0.25) is 5.91 Å². The van der Waals surface area contributed by atoms with Crippen LogP contribution < -0.4 is 5.32 Å². The summed E-state index contributed by atoms with van der Waals surface area (Å²) < 4.78 is 4.63. The molecule has 0 fully saturated rings. The summed E-state index contributed by atoms with van der Waals surface area (Å²) in [6.45, 7) is 1.09. The third kappa shape index (κ3) is 4.14. The summed E-state index contributed by atoms with van der Waals surface area (Å²) in [6.07, 6.45) is 0.119. The number of hydrogen-bond donors (Lipinski definition) is 1. The highest BCUT2D eigenvalue weighted by Crippen LogP contribution is 2.32. The zero-order chi connectivity index (χ0) is 20.2. The molecule has 0 spiro atoms. The Bertz CT molecular complexity index is 965. The second-order valence-electron chi connectivity index (χ2n) is 6.77. The highest BCUT2D eigenvalue weighted by molar-refractivity contribution is 7.15. The van der Waals surface area contributed by atoms with Crippen molar-refractivity contribution in [2.24, 2.45) is 0 Å². The van der Waals surface area contributed by atoms with Crippen molar-refractivity contribution in [3.63, 3.8) is 0 Å². The second kappa shape index (κ2) is 8.45. The molecule has 0 saturated carbocycles. The Morgan fingerprint density at radius 3 is 2.28 bits per heavy atom. The lowest BCUT2D eigenvalue weighted by atomic mass is 9.89. The van der Waals surface area contributed by atoms with E-state index in [-0.39, 0.29) is 11.8 Å². The van der Waals surface area contributed by atoms with Crippen LogP contribution in [-0.2, 0) is 22.5 Å². The fourth-order valence-electron chi connectivity index (χ4n) is 3.53. The third-order valence-corrected chi connectivity index (χ3v) is 5.95. The summed E-state index contributed by atoms with van der Waals surface area (Å²) in [5, 5.41) is 3.11. The maximum Gasteiger partial charge on any atom is 0.413 e. The molecule has 0 saturated heterocycles. The molecule has 2 heterocycles. The molecule has 148 valence electrons. The van der Waals surface area contributed by atoms with Crippen LogP contribution in [0.15, 0.2) is 60.7 Å². The number of aromatic nitrogens is 1. The van der Waals surface area contributed by atoms with Crippen LogP contribution in [0.1, 0.15) is 27.6 Å². The van der Waals surface area contributed by atoms with Crippen LogP contribution >= 0.6 is 11.3 Å². The molecule has 7 heteroatoms. The molecular weight excluding hydrogens is 386 g/mol. The van der Waals surface area contributed by atoms with E-state index in [2.05, 4.69) is 15.0 Å². The molecule has 0 aliphatic carbocycles. The monoisotopic (exact) mass is 407 g/mol. The van der Waals surface area contributed by atoms with Gasteiger partial charge < -0.3 is 9.64 Å². The molecule has 1 aromatic heterocycles. The number of carbonyl (C=O) groups is 2. The number of nitrogens with one attached hydrogen (secondary N) is 1. The van der Waals surface area contributed by atoms with Crippen molar-refractivity contribution >= 4 is 28.5 Å². The molecule has 0 unspecified atom stereocenters. The van der Waals surface area contributed by atoms with Gasteiger partial charge in [-0.15, -0.1) is 0 Å². The number of anilines is 1. The quantitative estimate of drug-likeness (QED) is 0.709. The minimum absolute atomic E-state index is 0.0731. The van der Waals surface area contributed by atoms with Gasteiger partial charge in [0.05, 0.1) is 25.3 Å². The Hall–Kier alpha value is -3.19. The van der Waals surface area contributed by atoms with Crippen molar-refractivity contribution < 1.29 is 14.3 Å². The lowest BCUT2D eigenvalue weighted by Crippen LogP contribution is -2.39. The number of rotatable bonds is 4. The summed E-state index contributed by atoms with van der Waals surface area (Å²) in [5.74, 6) is -0.275. The summed E-state index contributed by atoms with van der Waals surface area (Å²) >= 11 is 1.39. The van der Waals surface area contributed by atoms with Gasteiger partial charge in [0.1, 0.15) is 0 Å². The first-order chi connectivity index (χ1) is 14.2. The van der Waals surface area contributed by atoms with Crippen LogP contribution in [0.3, 0.4) is 0 Å². The lowest BCUT2D eigenvalue weighted by Gasteiger charge is -2.30. The van der Waals surface area contributed by atoms with Crippen LogP contribution in [0.5, 0.6) is 0 Å². The molecule has 1 N–H and O–H groups in total. The molecule has 1 aliphatic heterocycles. The minimum Gasteiger partial charge on any atom is -0.453 e. The molecular formula is C22H21N3O3S. The van der Waals surface area contributed by atoms with E-state index in [0.717, 1.165) is 21.7 Å². The lowest BCUT2D eigenvalue weighted by molar-refractivity contribution is -0.132. The van der Waals surface area contributed by atoms with Crippen LogP contribution in [0.25, 0.3) is 0 Å². The van der Waals surface area contributed by atoms with E-state index in [1.54, 1.807) is 0 Å². The Morgan fingerprint density at radius 2 is 1.69 bits per heavy atom. The molecule has 0 bridgehead atoms. The van der Waals surface area contributed by atoms with Crippen molar-refractivity contribution in [1.29, 1.82) is 0 Å². The van der Waals surface area contributed by atoms with Crippen molar-refractivity contribution in [1.82, 2.24) is 9.88 Å². The fourth-order valence-corrected chi connectivity index (χ4v) is 4.54. The first-order valence-corrected chi connectivity index (χ1v) is 10.2. The van der Waals surface area contributed by atoms with Crippen LogP contribution in [0.2, 0.25) is 0 Å². The topological polar surface area (TPSA) is 71.5 Å². The van der Waals surface area contributed by atoms with E-state index >= 15 is 0 Å². The van der Waals surface area contributed by atoms with Gasteiger partial charge in [-0.1, -0.05) is 72.0 Å². The normalized spacial score (nSPS) is 13.1. The predicted octanol–water partition coefficient (Wildman–Crippen LogP) is 4.04. The molecule has 6 nitrogen and oxygen atoms in total. The van der Waals surface area contributed by atoms with Crippen molar-refractivity contribution in [2.45, 2.75) is 18.9 Å². The van der Waals surface area contributed by atoms with Gasteiger partial charge in [0.25, 0.3) is 0 Å². The number of nitrogens with zero attached hydrogens (tertiary/aromatic N) is 2. The van der Waals surface area contributed by atoms with Crippen LogP contribution in [0, 0.1) is 0 Å². The zero-order valence-corrected chi connectivity index (χ0v) is 16.8. The Labute approximate surface area is 173 Å². The average molecular weight is 407 g/mol. The average Bonchev–Trinajstić information content (AvgIpc) is 3.16. The minimum atomic E-state index is -0.544. The molecule has 3 aromatic rings. The fraction of sp³-hybridized carbons (Fsp3) is 0.227. The van der Waals surface area contributed by atoms with E-state index in [1.165, 1.54) is 18.4 Å². The summed E-state index contributed by atoms with van der Waals surface area (Å²) in [7, 11) is 1.32. The largest absolute Gasteiger partial charge is 0.453 e. The smallest absolute Gasteiger partial charge is 0.413 e. The van der Waals surface area contributed by atoms with E-state index in [4.69, 9.17) is 0 Å². The maximum absolute atomic E-state index is 13.6. The Morgan fingerprint density at radius 1 is 1.07 bits per heavy atom. The van der Waals surface area contributed by atoms with Crippen molar-refractivity contribution in [2.75, 3.05) is 19.0 Å². The molecule has 29 heavy (non-hydrogen) atoms. The number of carbonyl (C=O) groups excluding carboxylic acids is 2. The van der Waals surface area contributed by atoms with Gasteiger partial charge in [0, 0.05) is 17.8 Å². The van der Waals surface area contributed by atoms with Crippen LogP contribution in [0.4, 0.5) is 9.93 Å². The number of ether oxygens (including phenoxy) is 1. The molecule has 0 radical (unpaired) electrons. The third-order valence-electron chi connectivity index (χ3n) is 4.95. The molecule has 4 rings (SSSR count). The highest BCUT2D eigenvalue weighted by atomic mass is 32.1. The molecule has 0 atom stereocenters. The Kier molecular flexibility index (Phi) is 5.57. The summed E-state index contributed by atoms with van der Waals surface area (Å²) in [6, 6.07) is 19.7. The highest BCUT2D eigenvalue weighted by Gasteiger charge is 2.31. The number of benzene rings is 2. The summed E-state index contributed by atoms with van der Waals surface area (Å²) in [4.78, 5) is 32.3. The number of methoxy groups -OCH3 is 1. The van der Waals surface area contributed by atoms with Gasteiger partial charge >= 0.3 is 6.09 Å².